The van der Waals surface area contributed by atoms with Crippen molar-refractivity contribution in [2.45, 2.75) is 52.3 Å². The van der Waals surface area contributed by atoms with Crippen LogP contribution >= 0.6 is 0 Å². The van der Waals surface area contributed by atoms with Crippen LogP contribution in [-0.4, -0.2) is 44.1 Å². The zero-order chi connectivity index (χ0) is 21.3. The van der Waals surface area contributed by atoms with Crippen molar-refractivity contribution >= 4 is 16.8 Å². The summed E-state index contributed by atoms with van der Waals surface area (Å²) in [5.41, 5.74) is 1.94. The van der Waals surface area contributed by atoms with Crippen LogP contribution in [-0.2, 0) is 11.3 Å². The average Bonchev–Trinajstić information content (AvgIpc) is 2.72. The number of aryl methyl sites for hydroxylation is 1. The van der Waals surface area contributed by atoms with E-state index >= 15 is 0 Å². The van der Waals surface area contributed by atoms with Gasteiger partial charge in [0.2, 0.25) is 0 Å². The van der Waals surface area contributed by atoms with Crippen molar-refractivity contribution in [2.75, 3.05) is 6.54 Å². The molecule has 1 aliphatic rings. The molecular formula is C23H27FN4O3. The second-order valence-electron chi connectivity index (χ2n) is 7.72. The Bertz CT molecular complexity index is 1160. The molecule has 3 aromatic rings. The Labute approximate surface area is 180 Å². The lowest BCUT2D eigenvalue weighted by atomic mass is 9.97. The summed E-state index contributed by atoms with van der Waals surface area (Å²) in [6, 6.07) is 7.46. The van der Waals surface area contributed by atoms with E-state index in [0.717, 1.165) is 18.5 Å². The number of nitrogens with zero attached hydrogens (tertiary/aromatic N) is 3. The highest BCUT2D eigenvalue weighted by Crippen LogP contribution is 2.22. The number of carbonyl (C=O) groups excluding carboxylic acids is 1. The summed E-state index contributed by atoms with van der Waals surface area (Å²) in [6.07, 6.45) is 2.46. The van der Waals surface area contributed by atoms with E-state index < -0.39 is 11.7 Å². The van der Waals surface area contributed by atoms with Gasteiger partial charge in [0, 0.05) is 18.0 Å². The van der Waals surface area contributed by atoms with Crippen molar-refractivity contribution in [2.24, 2.45) is 0 Å². The molecule has 31 heavy (non-hydrogen) atoms. The number of aromatic nitrogens is 3. The Morgan fingerprint density at radius 1 is 1.32 bits per heavy atom. The van der Waals surface area contributed by atoms with Gasteiger partial charge in [0.1, 0.15) is 5.82 Å². The molecule has 0 unspecified atom stereocenters. The third-order valence-electron chi connectivity index (χ3n) is 5.44. The van der Waals surface area contributed by atoms with Crippen LogP contribution in [0.1, 0.15) is 32.3 Å². The molecule has 2 N–H and O–H groups in total. The predicted octanol–water partition coefficient (Wildman–Crippen LogP) is 2.61. The largest absolute Gasteiger partial charge is 0.391 e. The number of carbonyl (C=O) groups is 1. The number of aliphatic hydroxyl groups is 1. The molecule has 1 aromatic carbocycles. The van der Waals surface area contributed by atoms with Gasteiger partial charge in [-0.1, -0.05) is 19.6 Å². The Morgan fingerprint density at radius 2 is 2.13 bits per heavy atom. The first-order valence-electron chi connectivity index (χ1n) is 9.98. The fourth-order valence-electron chi connectivity index (χ4n) is 3.85. The first kappa shape index (κ1) is 22.7. The molecule has 1 saturated heterocycles. The third-order valence-corrected chi connectivity index (χ3v) is 5.44. The molecule has 164 valence electrons. The minimum Gasteiger partial charge on any atom is -0.391 e. The molecule has 7 nitrogen and oxygen atoms in total. The van der Waals surface area contributed by atoms with E-state index in [0.29, 0.717) is 23.2 Å². The van der Waals surface area contributed by atoms with Gasteiger partial charge in [0.05, 0.1) is 30.2 Å². The van der Waals surface area contributed by atoms with Crippen LogP contribution in [0.4, 0.5) is 4.39 Å². The quantitative estimate of drug-likeness (QED) is 0.651. The summed E-state index contributed by atoms with van der Waals surface area (Å²) in [5, 5.41) is 13.2. The van der Waals surface area contributed by atoms with Crippen LogP contribution in [0.25, 0.3) is 22.3 Å². The molecule has 0 spiro atoms. The maximum atomic E-state index is 13.6. The van der Waals surface area contributed by atoms with Gasteiger partial charge in [0.15, 0.2) is 11.3 Å². The molecule has 4 rings (SSSR count). The summed E-state index contributed by atoms with van der Waals surface area (Å²) in [6.45, 7) is 2.43. The van der Waals surface area contributed by atoms with Crippen LogP contribution in [0.3, 0.4) is 0 Å². The molecule has 1 aliphatic heterocycles. The third kappa shape index (κ3) is 4.86. The van der Waals surface area contributed by atoms with Gasteiger partial charge < -0.3 is 10.4 Å². The SMILES string of the molecule is C.Cc1cc(-c2cccc(F)c2)nc2c(=O)n(CC(=O)C[C@H]3NCCC[C@@H]3O)cnc12. The van der Waals surface area contributed by atoms with E-state index in [1.165, 1.54) is 23.0 Å². The molecule has 0 saturated carbocycles. The number of aliphatic hydroxyl groups excluding tert-OH is 1. The molecule has 0 aliphatic carbocycles. The maximum absolute atomic E-state index is 13.6. The molecule has 0 amide bonds. The summed E-state index contributed by atoms with van der Waals surface area (Å²) in [7, 11) is 0. The first-order valence-corrected chi connectivity index (χ1v) is 9.98. The zero-order valence-corrected chi connectivity index (χ0v) is 16.6. The summed E-state index contributed by atoms with van der Waals surface area (Å²) < 4.78 is 14.8. The van der Waals surface area contributed by atoms with E-state index in [1.54, 1.807) is 18.2 Å². The number of rotatable bonds is 5. The van der Waals surface area contributed by atoms with Crippen molar-refractivity contribution in [1.82, 2.24) is 19.9 Å². The number of pyridine rings is 1. The van der Waals surface area contributed by atoms with Crippen LogP contribution in [0.5, 0.6) is 0 Å². The number of Topliss-reactive ketones (excluding diaryl/α,β-unsaturated/α-hetero) is 1. The average molecular weight is 426 g/mol. The standard InChI is InChI=1S/C22H23FN4O3.CH4/c1-13-8-17(14-4-2-5-15(23)9-14)26-21-20(13)25-12-27(22(21)30)11-16(28)10-18-19(29)6-3-7-24-18;/h2,4-5,8-9,12,18-19,24,29H,3,6-7,10-11H2,1H3;1H4/t18-,19+;/m1./s1. The van der Waals surface area contributed by atoms with Crippen LogP contribution < -0.4 is 10.9 Å². The van der Waals surface area contributed by atoms with E-state index in [-0.39, 0.29) is 43.6 Å². The lowest BCUT2D eigenvalue weighted by Crippen LogP contribution is -2.46. The van der Waals surface area contributed by atoms with Gasteiger partial charge in [-0.15, -0.1) is 0 Å². The van der Waals surface area contributed by atoms with E-state index in [1.807, 2.05) is 6.92 Å². The number of nitrogens with one attached hydrogen (secondary N) is 1. The van der Waals surface area contributed by atoms with Gasteiger partial charge in [-0.2, -0.15) is 0 Å². The van der Waals surface area contributed by atoms with Crippen LogP contribution in [0, 0.1) is 12.7 Å². The Balaban J connectivity index is 0.00000272. The molecule has 8 heteroatoms. The summed E-state index contributed by atoms with van der Waals surface area (Å²) in [4.78, 5) is 34.2. The highest BCUT2D eigenvalue weighted by Gasteiger charge is 2.25. The van der Waals surface area contributed by atoms with Gasteiger partial charge in [-0.05, 0) is 50.1 Å². The van der Waals surface area contributed by atoms with Crippen LogP contribution in [0.2, 0.25) is 0 Å². The predicted molar refractivity (Wildman–Crippen MR) is 117 cm³/mol. The number of piperidine rings is 1. The van der Waals surface area contributed by atoms with Crippen molar-refractivity contribution in [3.63, 3.8) is 0 Å². The highest BCUT2D eigenvalue weighted by molar-refractivity contribution is 5.82. The van der Waals surface area contributed by atoms with E-state index in [9.17, 15) is 19.1 Å². The first-order chi connectivity index (χ1) is 14.4. The zero-order valence-electron chi connectivity index (χ0n) is 16.6. The molecule has 0 bridgehead atoms. The minimum absolute atomic E-state index is 0. The summed E-state index contributed by atoms with van der Waals surface area (Å²) >= 11 is 0. The molecule has 1 fully saturated rings. The van der Waals surface area contributed by atoms with Crippen molar-refractivity contribution in [3.8, 4) is 11.3 Å². The van der Waals surface area contributed by atoms with Gasteiger partial charge >= 0.3 is 0 Å². The van der Waals surface area contributed by atoms with E-state index in [2.05, 4.69) is 15.3 Å². The van der Waals surface area contributed by atoms with Crippen molar-refractivity contribution in [3.05, 3.63) is 58.4 Å². The monoisotopic (exact) mass is 426 g/mol. The number of ketones is 1. The van der Waals surface area contributed by atoms with Gasteiger partial charge in [-0.3, -0.25) is 14.2 Å². The number of hydrogen-bond donors (Lipinski definition) is 2. The molecule has 2 atom stereocenters. The Kier molecular flexibility index (Phi) is 6.92. The maximum Gasteiger partial charge on any atom is 0.280 e. The van der Waals surface area contributed by atoms with Gasteiger partial charge in [0.25, 0.3) is 5.56 Å². The number of hydrogen-bond acceptors (Lipinski definition) is 6. The molecule has 0 radical (unpaired) electrons. The Hall–Kier alpha value is -2.97. The smallest absolute Gasteiger partial charge is 0.280 e. The lowest BCUT2D eigenvalue weighted by Gasteiger charge is -2.28. The second-order valence-corrected chi connectivity index (χ2v) is 7.72. The highest BCUT2D eigenvalue weighted by atomic mass is 19.1. The normalized spacial score (nSPS) is 18.5. The minimum atomic E-state index is -0.563. The summed E-state index contributed by atoms with van der Waals surface area (Å²) in [5.74, 6) is -0.561. The lowest BCUT2D eigenvalue weighted by molar-refractivity contribution is -0.121. The fourth-order valence-corrected chi connectivity index (χ4v) is 3.85. The van der Waals surface area contributed by atoms with Gasteiger partial charge in [-0.25, -0.2) is 14.4 Å². The second kappa shape index (κ2) is 9.45. The van der Waals surface area contributed by atoms with Crippen molar-refractivity contribution in [1.29, 1.82) is 0 Å². The van der Waals surface area contributed by atoms with Crippen LogP contribution in [0.15, 0.2) is 41.5 Å². The Morgan fingerprint density at radius 3 is 2.87 bits per heavy atom. The van der Waals surface area contributed by atoms with Crippen molar-refractivity contribution < 1.29 is 14.3 Å². The number of halogens is 1. The molecular weight excluding hydrogens is 399 g/mol. The molecule has 3 heterocycles. The molecule has 2 aromatic heterocycles. The van der Waals surface area contributed by atoms with E-state index in [4.69, 9.17) is 0 Å². The fraction of sp³-hybridized carbons (Fsp3) is 0.391. The number of benzene rings is 1. The topological polar surface area (TPSA) is 97.1 Å². The number of fused-ring (bicyclic) bond motifs is 1.